The van der Waals surface area contributed by atoms with Crippen LogP contribution in [0.3, 0.4) is 0 Å². The number of nitrogens with zero attached hydrogens (tertiary/aromatic N) is 1. The van der Waals surface area contributed by atoms with Crippen molar-refractivity contribution in [3.63, 3.8) is 0 Å². The van der Waals surface area contributed by atoms with Gasteiger partial charge in [-0.2, -0.15) is 0 Å². The zero-order chi connectivity index (χ0) is 10.8. The Labute approximate surface area is 92.0 Å². The van der Waals surface area contributed by atoms with E-state index in [0.29, 0.717) is 23.9 Å². The van der Waals surface area contributed by atoms with Gasteiger partial charge in [0.2, 0.25) is 0 Å². The van der Waals surface area contributed by atoms with E-state index in [1.165, 1.54) is 12.8 Å². The maximum atomic E-state index is 11.5. The van der Waals surface area contributed by atoms with Gasteiger partial charge in [0.1, 0.15) is 5.78 Å². The third-order valence-electron chi connectivity index (χ3n) is 3.85. The van der Waals surface area contributed by atoms with Crippen molar-refractivity contribution in [2.24, 2.45) is 0 Å². The molecule has 0 aliphatic carbocycles. The molecule has 3 unspecified atom stereocenters. The summed E-state index contributed by atoms with van der Waals surface area (Å²) >= 11 is 0. The minimum absolute atomic E-state index is 0.453. The molecule has 0 aromatic heterocycles. The van der Waals surface area contributed by atoms with Gasteiger partial charge < -0.3 is 0 Å². The molecule has 0 amide bonds. The highest BCUT2D eigenvalue weighted by Crippen LogP contribution is 2.36. The lowest BCUT2D eigenvalue weighted by Crippen LogP contribution is -2.48. The van der Waals surface area contributed by atoms with Crippen LogP contribution in [0.15, 0.2) is 0 Å². The fraction of sp³-hybridized carbons (Fsp3) is 0.769. The number of hydrogen-bond donors (Lipinski definition) is 0. The van der Waals surface area contributed by atoms with Gasteiger partial charge in [-0.05, 0) is 19.3 Å². The van der Waals surface area contributed by atoms with Crippen molar-refractivity contribution in [3.05, 3.63) is 0 Å². The largest absolute Gasteiger partial charge is 0.300 e. The van der Waals surface area contributed by atoms with E-state index in [4.69, 9.17) is 6.42 Å². The van der Waals surface area contributed by atoms with Gasteiger partial charge in [0, 0.05) is 37.4 Å². The average Bonchev–Trinajstić information content (AvgIpc) is 2.47. The first-order chi connectivity index (χ1) is 7.26. The van der Waals surface area contributed by atoms with Crippen molar-refractivity contribution in [3.8, 4) is 12.3 Å². The fourth-order valence-electron chi connectivity index (χ4n) is 3.20. The van der Waals surface area contributed by atoms with Crippen LogP contribution in [0.1, 0.15) is 45.4 Å². The lowest BCUT2D eigenvalue weighted by atomic mass is 9.97. The highest BCUT2D eigenvalue weighted by Gasteiger charge is 2.42. The van der Waals surface area contributed by atoms with Crippen LogP contribution in [0, 0.1) is 12.3 Å². The molecule has 2 nitrogen and oxygen atoms in total. The van der Waals surface area contributed by atoms with Crippen molar-refractivity contribution in [2.75, 3.05) is 0 Å². The zero-order valence-electron chi connectivity index (χ0n) is 9.41. The van der Waals surface area contributed by atoms with Gasteiger partial charge in [-0.3, -0.25) is 9.69 Å². The van der Waals surface area contributed by atoms with Crippen molar-refractivity contribution >= 4 is 5.78 Å². The lowest BCUT2D eigenvalue weighted by Gasteiger charge is -2.39. The second kappa shape index (κ2) is 4.37. The molecule has 2 heterocycles. The molecule has 0 aromatic rings. The van der Waals surface area contributed by atoms with E-state index in [0.717, 1.165) is 25.7 Å². The summed E-state index contributed by atoms with van der Waals surface area (Å²) in [5.41, 5.74) is 0. The van der Waals surface area contributed by atoms with Crippen LogP contribution < -0.4 is 0 Å². The molecule has 15 heavy (non-hydrogen) atoms. The molecule has 0 aromatic carbocycles. The van der Waals surface area contributed by atoms with Crippen LogP contribution in [0.4, 0.5) is 0 Å². The molecule has 2 fully saturated rings. The van der Waals surface area contributed by atoms with Gasteiger partial charge in [-0.15, -0.1) is 12.3 Å². The summed E-state index contributed by atoms with van der Waals surface area (Å²) in [6, 6.07) is 1.49. The Kier molecular flexibility index (Phi) is 3.11. The van der Waals surface area contributed by atoms with Gasteiger partial charge in [-0.1, -0.05) is 6.92 Å². The molecule has 0 spiro atoms. The second-order valence-corrected chi connectivity index (χ2v) is 4.75. The zero-order valence-corrected chi connectivity index (χ0v) is 9.41. The van der Waals surface area contributed by atoms with E-state index in [2.05, 4.69) is 17.7 Å². The topological polar surface area (TPSA) is 20.3 Å². The maximum absolute atomic E-state index is 11.5. The number of ketones is 1. The van der Waals surface area contributed by atoms with Crippen molar-refractivity contribution < 1.29 is 4.79 Å². The van der Waals surface area contributed by atoms with Crippen LogP contribution in [0.2, 0.25) is 0 Å². The van der Waals surface area contributed by atoms with Crippen molar-refractivity contribution in [1.82, 2.24) is 4.90 Å². The van der Waals surface area contributed by atoms with Crippen LogP contribution in [-0.4, -0.2) is 28.8 Å². The first-order valence-corrected chi connectivity index (χ1v) is 5.98. The number of piperidine rings is 1. The van der Waals surface area contributed by atoms with E-state index in [9.17, 15) is 4.79 Å². The molecule has 82 valence electrons. The summed E-state index contributed by atoms with van der Waals surface area (Å²) in [6.45, 7) is 2.19. The van der Waals surface area contributed by atoms with Crippen LogP contribution in [0.25, 0.3) is 0 Å². The first kappa shape index (κ1) is 10.7. The summed E-state index contributed by atoms with van der Waals surface area (Å²) in [4.78, 5) is 14.0. The molecule has 2 aliphatic heterocycles. The molecule has 2 aliphatic rings. The molecule has 0 saturated carbocycles. The van der Waals surface area contributed by atoms with Crippen LogP contribution in [-0.2, 0) is 4.79 Å². The number of Topliss-reactive ketones (excluding diaryl/α,β-unsaturated/α-hetero) is 1. The van der Waals surface area contributed by atoms with E-state index in [1.807, 2.05) is 0 Å². The number of rotatable bonds is 3. The monoisotopic (exact) mass is 205 g/mol. The third-order valence-corrected chi connectivity index (χ3v) is 3.85. The summed E-state index contributed by atoms with van der Waals surface area (Å²) in [5.74, 6) is 3.22. The maximum Gasteiger partial charge on any atom is 0.136 e. The Morgan fingerprint density at radius 2 is 2.07 bits per heavy atom. The number of carbonyl (C=O) groups excluding carboxylic acids is 1. The van der Waals surface area contributed by atoms with Gasteiger partial charge in [0.15, 0.2) is 0 Å². The highest BCUT2D eigenvalue weighted by atomic mass is 16.1. The molecule has 2 bridgehead atoms. The standard InChI is InChI=1S/C13H19NO/c1-3-5-10(4-2)14-11-6-7-12(14)9-13(15)8-11/h1,10-12H,4-9H2,2H3. The Balaban J connectivity index is 2.10. The van der Waals surface area contributed by atoms with E-state index in [-0.39, 0.29) is 0 Å². The number of carbonyl (C=O) groups is 1. The first-order valence-electron chi connectivity index (χ1n) is 5.98. The third kappa shape index (κ3) is 1.94. The predicted molar refractivity (Wildman–Crippen MR) is 60.4 cm³/mol. The quantitative estimate of drug-likeness (QED) is 0.657. The Bertz CT molecular complexity index is 275. The van der Waals surface area contributed by atoms with Gasteiger partial charge in [-0.25, -0.2) is 0 Å². The normalized spacial score (nSPS) is 32.7. The van der Waals surface area contributed by atoms with E-state index >= 15 is 0 Å². The minimum Gasteiger partial charge on any atom is -0.300 e. The SMILES string of the molecule is C#CCC(CC)N1C2CCC1CC(=O)C2. The molecule has 2 rings (SSSR count). The van der Waals surface area contributed by atoms with Crippen molar-refractivity contribution in [1.29, 1.82) is 0 Å². The van der Waals surface area contributed by atoms with Gasteiger partial charge in [0.05, 0.1) is 0 Å². The summed E-state index contributed by atoms with van der Waals surface area (Å²) in [6.07, 6.45) is 11.2. The van der Waals surface area contributed by atoms with Crippen molar-refractivity contribution in [2.45, 2.75) is 63.6 Å². The lowest BCUT2D eigenvalue weighted by molar-refractivity contribution is -0.124. The molecule has 2 saturated heterocycles. The number of hydrogen-bond acceptors (Lipinski definition) is 2. The molecular weight excluding hydrogens is 186 g/mol. The van der Waals surface area contributed by atoms with E-state index in [1.54, 1.807) is 0 Å². The van der Waals surface area contributed by atoms with E-state index < -0.39 is 0 Å². The molecule has 0 radical (unpaired) electrons. The molecule has 2 heteroatoms. The summed E-state index contributed by atoms with van der Waals surface area (Å²) < 4.78 is 0. The Morgan fingerprint density at radius 1 is 1.47 bits per heavy atom. The number of terminal acetylenes is 1. The summed E-state index contributed by atoms with van der Waals surface area (Å²) in [7, 11) is 0. The van der Waals surface area contributed by atoms with Gasteiger partial charge in [0.25, 0.3) is 0 Å². The minimum atomic E-state index is 0.453. The summed E-state index contributed by atoms with van der Waals surface area (Å²) in [5, 5.41) is 0. The van der Waals surface area contributed by atoms with Crippen LogP contribution in [0.5, 0.6) is 0 Å². The molecule has 0 N–H and O–H groups in total. The van der Waals surface area contributed by atoms with Gasteiger partial charge >= 0.3 is 0 Å². The molecular formula is C13H19NO. The Morgan fingerprint density at radius 3 is 2.53 bits per heavy atom. The second-order valence-electron chi connectivity index (χ2n) is 4.75. The smallest absolute Gasteiger partial charge is 0.136 e. The average molecular weight is 205 g/mol. The Hall–Kier alpha value is -0.810. The number of fused-ring (bicyclic) bond motifs is 2. The molecule has 3 atom stereocenters. The van der Waals surface area contributed by atoms with Crippen LogP contribution >= 0.6 is 0 Å². The highest BCUT2D eigenvalue weighted by molar-refractivity contribution is 5.81. The fourth-order valence-corrected chi connectivity index (χ4v) is 3.20. The predicted octanol–water partition coefficient (Wildman–Crippen LogP) is 1.98.